The van der Waals surface area contributed by atoms with Gasteiger partial charge in [-0.15, -0.1) is 11.3 Å². The SMILES string of the molecule is O=C(NCc1ccc(C(F)(F)F)cc1)C(=O)c1nc2ccccc2s1. The second-order valence-corrected chi connectivity index (χ2v) is 6.22. The summed E-state index contributed by atoms with van der Waals surface area (Å²) >= 11 is 1.11. The van der Waals surface area contributed by atoms with Crippen molar-refractivity contribution in [2.24, 2.45) is 0 Å². The van der Waals surface area contributed by atoms with Gasteiger partial charge in [0.2, 0.25) is 0 Å². The first-order valence-corrected chi connectivity index (χ1v) is 8.00. The molecule has 0 saturated carbocycles. The monoisotopic (exact) mass is 364 g/mol. The van der Waals surface area contributed by atoms with E-state index in [1.54, 1.807) is 24.3 Å². The third kappa shape index (κ3) is 3.85. The summed E-state index contributed by atoms with van der Waals surface area (Å²) in [5, 5.41) is 2.47. The molecule has 1 amide bonds. The molecule has 128 valence electrons. The van der Waals surface area contributed by atoms with E-state index in [1.165, 1.54) is 12.1 Å². The molecule has 2 aromatic carbocycles. The lowest BCUT2D eigenvalue weighted by molar-refractivity contribution is -0.137. The molecule has 0 aliphatic rings. The summed E-state index contributed by atoms with van der Waals surface area (Å²) in [5.74, 6) is -1.62. The summed E-state index contributed by atoms with van der Waals surface area (Å²) in [6, 6.07) is 11.5. The molecule has 0 aliphatic heterocycles. The smallest absolute Gasteiger partial charge is 0.345 e. The number of carbonyl (C=O) groups is 2. The number of amides is 1. The Bertz CT molecular complexity index is 900. The van der Waals surface area contributed by atoms with E-state index in [2.05, 4.69) is 10.3 Å². The zero-order valence-electron chi connectivity index (χ0n) is 12.6. The summed E-state index contributed by atoms with van der Waals surface area (Å²) in [7, 11) is 0. The lowest BCUT2D eigenvalue weighted by Gasteiger charge is -2.08. The van der Waals surface area contributed by atoms with Crippen LogP contribution in [-0.2, 0) is 17.5 Å². The second-order valence-electron chi connectivity index (χ2n) is 5.19. The first-order chi connectivity index (χ1) is 11.8. The molecule has 0 spiro atoms. The van der Waals surface area contributed by atoms with Crippen molar-refractivity contribution in [3.05, 3.63) is 64.7 Å². The van der Waals surface area contributed by atoms with Crippen LogP contribution in [0.25, 0.3) is 10.2 Å². The van der Waals surface area contributed by atoms with Crippen LogP contribution in [0.1, 0.15) is 20.9 Å². The lowest BCUT2D eigenvalue weighted by Crippen LogP contribution is -2.30. The van der Waals surface area contributed by atoms with Crippen LogP contribution in [0.4, 0.5) is 13.2 Å². The number of aromatic nitrogens is 1. The molecule has 4 nitrogen and oxygen atoms in total. The van der Waals surface area contributed by atoms with Crippen molar-refractivity contribution in [3.63, 3.8) is 0 Å². The van der Waals surface area contributed by atoms with E-state index in [-0.39, 0.29) is 11.6 Å². The number of nitrogens with zero attached hydrogens (tertiary/aromatic N) is 1. The van der Waals surface area contributed by atoms with Crippen LogP contribution >= 0.6 is 11.3 Å². The molecule has 8 heteroatoms. The first kappa shape index (κ1) is 17.1. The van der Waals surface area contributed by atoms with Gasteiger partial charge in [-0.1, -0.05) is 24.3 Å². The van der Waals surface area contributed by atoms with E-state index >= 15 is 0 Å². The number of benzene rings is 2. The lowest BCUT2D eigenvalue weighted by atomic mass is 10.1. The highest BCUT2D eigenvalue weighted by Gasteiger charge is 2.30. The highest BCUT2D eigenvalue weighted by Crippen LogP contribution is 2.29. The summed E-state index contributed by atoms with van der Waals surface area (Å²) in [6.45, 7) is -0.0480. The molecule has 3 aromatic rings. The molecule has 3 rings (SSSR count). The fourth-order valence-electron chi connectivity index (χ4n) is 2.14. The van der Waals surface area contributed by atoms with Gasteiger partial charge in [-0.25, -0.2) is 4.98 Å². The van der Waals surface area contributed by atoms with Crippen LogP contribution in [0.2, 0.25) is 0 Å². The molecule has 0 saturated heterocycles. The van der Waals surface area contributed by atoms with Gasteiger partial charge >= 0.3 is 6.18 Å². The van der Waals surface area contributed by atoms with Crippen molar-refractivity contribution >= 4 is 33.2 Å². The van der Waals surface area contributed by atoms with Gasteiger partial charge in [0.25, 0.3) is 11.7 Å². The second kappa shape index (κ2) is 6.64. The van der Waals surface area contributed by atoms with Crippen molar-refractivity contribution in [2.75, 3.05) is 0 Å². The maximum Gasteiger partial charge on any atom is 0.416 e. The Kier molecular flexibility index (Phi) is 4.54. The third-order valence-electron chi connectivity index (χ3n) is 3.43. The normalized spacial score (nSPS) is 11.5. The molecule has 0 atom stereocenters. The van der Waals surface area contributed by atoms with Crippen LogP contribution in [-0.4, -0.2) is 16.7 Å². The molecule has 0 fully saturated rings. The van der Waals surface area contributed by atoms with Crippen LogP contribution in [0.3, 0.4) is 0 Å². The molecule has 0 bridgehead atoms. The van der Waals surface area contributed by atoms with Gasteiger partial charge in [-0.3, -0.25) is 9.59 Å². The summed E-state index contributed by atoms with van der Waals surface area (Å²) in [6.07, 6.45) is -4.41. The molecule has 25 heavy (non-hydrogen) atoms. The number of hydrogen-bond donors (Lipinski definition) is 1. The zero-order chi connectivity index (χ0) is 18.0. The number of thiazole rings is 1. The molecule has 1 N–H and O–H groups in total. The molecular weight excluding hydrogens is 353 g/mol. The molecule has 0 aliphatic carbocycles. The standard InChI is InChI=1S/C17H11F3N2O2S/c18-17(19,20)11-7-5-10(6-8-11)9-21-15(24)14(23)16-22-12-3-1-2-4-13(12)25-16/h1-8H,9H2,(H,21,24). The Morgan fingerprint density at radius 1 is 1.04 bits per heavy atom. The number of carbonyl (C=O) groups excluding carboxylic acids is 2. The fraction of sp³-hybridized carbons (Fsp3) is 0.118. The number of alkyl halides is 3. The van der Waals surface area contributed by atoms with Crippen LogP contribution in [0.15, 0.2) is 48.5 Å². The van der Waals surface area contributed by atoms with Gasteiger partial charge in [0, 0.05) is 6.54 Å². The first-order valence-electron chi connectivity index (χ1n) is 7.19. The number of Topliss-reactive ketones (excluding diaryl/α,β-unsaturated/α-hetero) is 1. The van der Waals surface area contributed by atoms with E-state index in [1.807, 2.05) is 0 Å². The molecule has 1 aromatic heterocycles. The number of hydrogen-bond acceptors (Lipinski definition) is 4. The number of nitrogens with one attached hydrogen (secondary N) is 1. The van der Waals surface area contributed by atoms with Crippen LogP contribution in [0.5, 0.6) is 0 Å². The van der Waals surface area contributed by atoms with E-state index in [0.717, 1.165) is 28.2 Å². The maximum absolute atomic E-state index is 12.5. The Balaban J connectivity index is 1.64. The quantitative estimate of drug-likeness (QED) is 0.566. The minimum atomic E-state index is -4.41. The number of para-hydroxylation sites is 1. The Hall–Kier alpha value is -2.74. The largest absolute Gasteiger partial charge is 0.416 e. The predicted octanol–water partition coefficient (Wildman–Crippen LogP) is 3.81. The van der Waals surface area contributed by atoms with Gasteiger partial charge in [0.1, 0.15) is 0 Å². The van der Waals surface area contributed by atoms with E-state index in [4.69, 9.17) is 0 Å². The molecular formula is C17H11F3N2O2S. The number of fused-ring (bicyclic) bond motifs is 1. The van der Waals surface area contributed by atoms with Gasteiger partial charge in [0.15, 0.2) is 5.01 Å². The highest BCUT2D eigenvalue weighted by atomic mass is 32.1. The molecule has 0 radical (unpaired) electrons. The Morgan fingerprint density at radius 2 is 1.72 bits per heavy atom. The van der Waals surface area contributed by atoms with E-state index < -0.39 is 23.4 Å². The van der Waals surface area contributed by atoms with Gasteiger partial charge in [-0.05, 0) is 29.8 Å². The van der Waals surface area contributed by atoms with Gasteiger partial charge in [-0.2, -0.15) is 13.2 Å². The number of rotatable bonds is 4. The average Bonchev–Trinajstić information content (AvgIpc) is 3.02. The average molecular weight is 364 g/mol. The van der Waals surface area contributed by atoms with Crippen LogP contribution in [0, 0.1) is 0 Å². The van der Waals surface area contributed by atoms with Crippen molar-refractivity contribution in [1.29, 1.82) is 0 Å². The van der Waals surface area contributed by atoms with E-state index in [0.29, 0.717) is 11.1 Å². The molecule has 1 heterocycles. The highest BCUT2D eigenvalue weighted by molar-refractivity contribution is 7.20. The van der Waals surface area contributed by atoms with E-state index in [9.17, 15) is 22.8 Å². The Morgan fingerprint density at radius 3 is 2.36 bits per heavy atom. The number of halogens is 3. The molecule has 0 unspecified atom stereocenters. The van der Waals surface area contributed by atoms with Gasteiger partial charge in [0.05, 0.1) is 15.8 Å². The number of ketones is 1. The van der Waals surface area contributed by atoms with Crippen LogP contribution < -0.4 is 5.32 Å². The zero-order valence-corrected chi connectivity index (χ0v) is 13.4. The Labute approximate surface area is 144 Å². The van der Waals surface area contributed by atoms with Crippen molar-refractivity contribution in [1.82, 2.24) is 10.3 Å². The minimum Gasteiger partial charge on any atom is -0.345 e. The predicted molar refractivity (Wildman–Crippen MR) is 87.2 cm³/mol. The van der Waals surface area contributed by atoms with Crippen molar-refractivity contribution in [3.8, 4) is 0 Å². The van der Waals surface area contributed by atoms with Crippen molar-refractivity contribution < 1.29 is 22.8 Å². The van der Waals surface area contributed by atoms with Gasteiger partial charge < -0.3 is 5.32 Å². The maximum atomic E-state index is 12.5. The third-order valence-corrected chi connectivity index (χ3v) is 4.46. The minimum absolute atomic E-state index is 0.0480. The summed E-state index contributed by atoms with van der Waals surface area (Å²) in [5.41, 5.74) is 0.318. The van der Waals surface area contributed by atoms with Crippen molar-refractivity contribution in [2.45, 2.75) is 12.7 Å². The summed E-state index contributed by atoms with van der Waals surface area (Å²) < 4.78 is 38.3. The summed E-state index contributed by atoms with van der Waals surface area (Å²) in [4.78, 5) is 28.2. The fourth-order valence-corrected chi connectivity index (χ4v) is 3.04. The topological polar surface area (TPSA) is 59.1 Å².